The van der Waals surface area contributed by atoms with E-state index in [1.807, 2.05) is 13.0 Å². The van der Waals surface area contributed by atoms with Crippen LogP contribution < -0.4 is 0 Å². The van der Waals surface area contributed by atoms with E-state index < -0.39 is 16.5 Å². The molecule has 0 N–H and O–H groups in total. The SMILES string of the molecule is CCC[N](/C(=C\C(=O)CC)CC)[Ga]([CH2]CC)[CH2]CC. The predicted molar refractivity (Wildman–Crippen MR) is 86.6 cm³/mol. The van der Waals surface area contributed by atoms with Crippen LogP contribution in [-0.2, 0) is 4.79 Å². The number of ketones is 1. The third-order valence-electron chi connectivity index (χ3n) is 3.56. The van der Waals surface area contributed by atoms with Crippen molar-refractivity contribution in [3.05, 3.63) is 11.8 Å². The van der Waals surface area contributed by atoms with Crippen LogP contribution in [0.4, 0.5) is 0 Å². The number of carbonyl (C=O) groups excluding carboxylic acids is 1. The summed E-state index contributed by atoms with van der Waals surface area (Å²) >= 11 is -1.42. The molecule has 0 spiro atoms. The first-order chi connectivity index (χ1) is 9.14. The summed E-state index contributed by atoms with van der Waals surface area (Å²) in [7, 11) is 0. The van der Waals surface area contributed by atoms with Gasteiger partial charge in [-0.25, -0.2) is 0 Å². The Labute approximate surface area is 125 Å². The van der Waals surface area contributed by atoms with Crippen molar-refractivity contribution in [2.45, 2.75) is 76.7 Å². The van der Waals surface area contributed by atoms with Crippen molar-refractivity contribution in [3.8, 4) is 0 Å². The molecule has 0 aromatic rings. The van der Waals surface area contributed by atoms with E-state index in [0.717, 1.165) is 13.0 Å². The normalized spacial score (nSPS) is 11.5. The second-order valence-electron chi connectivity index (χ2n) is 5.23. The molecule has 0 aliphatic carbocycles. The van der Waals surface area contributed by atoms with Crippen LogP contribution in [0.15, 0.2) is 11.8 Å². The summed E-state index contributed by atoms with van der Waals surface area (Å²) in [5, 5.41) is 0. The maximum atomic E-state index is 11.7. The molecule has 0 fully saturated rings. The van der Waals surface area contributed by atoms with Crippen molar-refractivity contribution in [2.24, 2.45) is 0 Å². The van der Waals surface area contributed by atoms with Gasteiger partial charge in [0.25, 0.3) is 0 Å². The van der Waals surface area contributed by atoms with Gasteiger partial charge in [0, 0.05) is 0 Å². The van der Waals surface area contributed by atoms with Crippen molar-refractivity contribution in [1.29, 1.82) is 0 Å². The van der Waals surface area contributed by atoms with E-state index >= 15 is 0 Å². The average molecular weight is 324 g/mol. The average Bonchev–Trinajstić information content (AvgIpc) is 2.42. The predicted octanol–water partition coefficient (Wildman–Crippen LogP) is 4.78. The molecule has 0 rings (SSSR count). The number of allylic oxidation sites excluding steroid dienone is 2. The number of rotatable bonds is 11. The van der Waals surface area contributed by atoms with Crippen LogP contribution >= 0.6 is 0 Å². The fourth-order valence-electron chi connectivity index (χ4n) is 2.60. The Bertz CT molecular complexity index is 270. The quantitative estimate of drug-likeness (QED) is 0.402. The minimum absolute atomic E-state index is 0.284. The van der Waals surface area contributed by atoms with E-state index in [4.69, 9.17) is 0 Å². The Balaban J connectivity index is 5.09. The molecule has 0 amide bonds. The number of hydrogen-bond donors (Lipinski definition) is 0. The van der Waals surface area contributed by atoms with Gasteiger partial charge in [0.1, 0.15) is 0 Å². The summed E-state index contributed by atoms with van der Waals surface area (Å²) in [4.78, 5) is 14.6. The summed E-state index contributed by atoms with van der Waals surface area (Å²) in [6, 6.07) is 0. The third-order valence-corrected chi connectivity index (χ3v) is 11.9. The number of carbonyl (C=O) groups is 1. The van der Waals surface area contributed by atoms with Crippen LogP contribution in [0.2, 0.25) is 9.95 Å². The zero-order valence-electron chi connectivity index (χ0n) is 13.7. The van der Waals surface area contributed by atoms with E-state index in [9.17, 15) is 4.79 Å². The molecule has 0 bridgehead atoms. The molecule has 2 nitrogen and oxygen atoms in total. The fraction of sp³-hybridized carbons (Fsp3) is 0.812. The summed E-state index contributed by atoms with van der Waals surface area (Å²) in [5.74, 6) is 0.284. The van der Waals surface area contributed by atoms with Crippen LogP contribution in [0.3, 0.4) is 0 Å². The van der Waals surface area contributed by atoms with E-state index in [1.165, 1.54) is 34.9 Å². The van der Waals surface area contributed by atoms with Crippen LogP contribution in [0.5, 0.6) is 0 Å². The van der Waals surface area contributed by atoms with E-state index in [2.05, 4.69) is 31.3 Å². The van der Waals surface area contributed by atoms with E-state index in [1.54, 1.807) is 0 Å². The second kappa shape index (κ2) is 11.7. The van der Waals surface area contributed by atoms with E-state index in [0.29, 0.717) is 6.42 Å². The van der Waals surface area contributed by atoms with Crippen LogP contribution in [0.25, 0.3) is 0 Å². The first-order valence-corrected chi connectivity index (χ1v) is 12.6. The Morgan fingerprint density at radius 2 is 1.53 bits per heavy atom. The molecule has 0 heterocycles. The number of hydrogen-bond acceptors (Lipinski definition) is 2. The van der Waals surface area contributed by atoms with Gasteiger partial charge >= 0.3 is 126 Å². The van der Waals surface area contributed by atoms with Gasteiger partial charge in [-0.15, -0.1) is 0 Å². The third kappa shape index (κ3) is 7.26. The molecule has 0 aromatic heterocycles. The standard InChI is InChI=1S/C10H19NO.2C3H7.Ga/c1-4-7-11-9(5-2)8-10(12)6-3;2*1-3-2;/h8H,4-7H2,1-3H3,(H,11,12);2*1,3H2,2H3;/q;;;+1/p-1. The van der Waals surface area contributed by atoms with Crippen molar-refractivity contribution in [2.75, 3.05) is 6.54 Å². The first-order valence-electron chi connectivity index (χ1n) is 8.14. The molecule has 110 valence electrons. The monoisotopic (exact) mass is 323 g/mol. The maximum absolute atomic E-state index is 11.7. The van der Waals surface area contributed by atoms with Crippen molar-refractivity contribution in [1.82, 2.24) is 3.61 Å². The Hall–Kier alpha value is -0.154. The van der Waals surface area contributed by atoms with Gasteiger partial charge in [0.05, 0.1) is 0 Å². The second-order valence-corrected chi connectivity index (χ2v) is 11.7. The summed E-state index contributed by atoms with van der Waals surface area (Å²) < 4.78 is 2.69. The van der Waals surface area contributed by atoms with Gasteiger partial charge in [-0.2, -0.15) is 0 Å². The van der Waals surface area contributed by atoms with Crippen LogP contribution in [0.1, 0.15) is 66.7 Å². The van der Waals surface area contributed by atoms with Crippen molar-refractivity contribution >= 4 is 22.2 Å². The molecule has 0 saturated heterocycles. The molecular weight excluding hydrogens is 292 g/mol. The van der Waals surface area contributed by atoms with Gasteiger partial charge in [0.15, 0.2) is 0 Å². The molecule has 19 heavy (non-hydrogen) atoms. The first kappa shape index (κ1) is 18.8. The summed E-state index contributed by atoms with van der Waals surface area (Å²) in [6.45, 7) is 12.1. The number of nitrogens with zero attached hydrogens (tertiary/aromatic N) is 1. The Morgan fingerprint density at radius 3 is 1.89 bits per heavy atom. The molecule has 0 saturated carbocycles. The Morgan fingerprint density at radius 1 is 0.947 bits per heavy atom. The molecule has 0 aliphatic heterocycles. The molecule has 0 atom stereocenters. The van der Waals surface area contributed by atoms with Crippen LogP contribution in [0, 0.1) is 0 Å². The zero-order chi connectivity index (χ0) is 14.7. The zero-order valence-corrected chi connectivity index (χ0v) is 16.1. The van der Waals surface area contributed by atoms with Crippen molar-refractivity contribution < 1.29 is 4.79 Å². The molecular formula is C16H32GaNO. The summed E-state index contributed by atoms with van der Waals surface area (Å²) in [6.07, 6.45) is 7.34. The molecule has 0 aromatic carbocycles. The van der Waals surface area contributed by atoms with Gasteiger partial charge in [0.2, 0.25) is 0 Å². The molecule has 3 heteroatoms. The van der Waals surface area contributed by atoms with E-state index in [-0.39, 0.29) is 5.78 Å². The molecule has 0 radical (unpaired) electrons. The van der Waals surface area contributed by atoms with Gasteiger partial charge in [-0.1, -0.05) is 0 Å². The molecule has 0 unspecified atom stereocenters. The van der Waals surface area contributed by atoms with Gasteiger partial charge < -0.3 is 0 Å². The summed E-state index contributed by atoms with van der Waals surface area (Å²) in [5.41, 5.74) is 1.32. The van der Waals surface area contributed by atoms with Crippen molar-refractivity contribution in [3.63, 3.8) is 0 Å². The van der Waals surface area contributed by atoms with Gasteiger partial charge in [-0.3, -0.25) is 0 Å². The minimum atomic E-state index is -1.42. The molecule has 0 aliphatic rings. The fourth-order valence-corrected chi connectivity index (χ4v) is 10.1. The topological polar surface area (TPSA) is 20.3 Å². The van der Waals surface area contributed by atoms with Crippen LogP contribution in [-0.4, -0.2) is 32.4 Å². The van der Waals surface area contributed by atoms with Gasteiger partial charge in [-0.05, 0) is 0 Å². The Kier molecular flexibility index (Phi) is 11.6.